The van der Waals surface area contributed by atoms with Gasteiger partial charge in [-0.25, -0.2) is 0 Å². The van der Waals surface area contributed by atoms with E-state index in [1.165, 1.54) is 11.1 Å². The van der Waals surface area contributed by atoms with E-state index in [0.29, 0.717) is 0 Å². The second kappa shape index (κ2) is 7.77. The summed E-state index contributed by atoms with van der Waals surface area (Å²) >= 11 is 11.0. The van der Waals surface area contributed by atoms with Gasteiger partial charge in [-0.05, 0) is 41.5 Å². The average molecular weight is 461 g/mol. The van der Waals surface area contributed by atoms with Gasteiger partial charge in [0.15, 0.2) is 0 Å². The Kier molecular flexibility index (Phi) is 6.31. The Morgan fingerprint density at radius 3 is 1.95 bits per heavy atom. The molecule has 0 radical (unpaired) electrons. The molecule has 106 valence electrons. The van der Waals surface area contributed by atoms with E-state index in [2.05, 4.69) is 102 Å². The molecule has 20 heavy (non-hydrogen) atoms. The molecule has 0 N–H and O–H groups in total. The highest BCUT2D eigenvalue weighted by molar-refractivity contribution is 9.10. The third kappa shape index (κ3) is 4.44. The van der Waals surface area contributed by atoms with E-state index in [-0.39, 0.29) is 5.41 Å². The van der Waals surface area contributed by atoms with Crippen molar-refractivity contribution >= 4 is 47.8 Å². The Labute approximate surface area is 146 Å². The second-order valence-corrected chi connectivity index (χ2v) is 7.27. The SMILES string of the molecule is BrCC(CBr)(Cc1ccccc1)Cc1cccc(Br)c1. The Balaban J connectivity index is 2.21. The molecule has 2 aromatic rings. The van der Waals surface area contributed by atoms with Gasteiger partial charge in [-0.3, -0.25) is 0 Å². The summed E-state index contributed by atoms with van der Waals surface area (Å²) in [6, 6.07) is 19.3. The summed E-state index contributed by atoms with van der Waals surface area (Å²) in [5.41, 5.74) is 2.96. The van der Waals surface area contributed by atoms with Gasteiger partial charge >= 0.3 is 0 Å². The van der Waals surface area contributed by atoms with Crippen LogP contribution in [0.1, 0.15) is 11.1 Å². The molecule has 3 heteroatoms. The van der Waals surface area contributed by atoms with E-state index in [1.807, 2.05) is 0 Å². The minimum Gasteiger partial charge on any atom is -0.0921 e. The Morgan fingerprint density at radius 2 is 1.35 bits per heavy atom. The first-order valence-corrected chi connectivity index (χ1v) is 9.61. The zero-order valence-corrected chi connectivity index (χ0v) is 15.9. The van der Waals surface area contributed by atoms with E-state index in [4.69, 9.17) is 0 Å². The first kappa shape index (κ1) is 16.3. The number of hydrogen-bond donors (Lipinski definition) is 0. The molecule has 0 heterocycles. The predicted octanol–water partition coefficient (Wildman–Crippen LogP) is 6.01. The lowest BCUT2D eigenvalue weighted by Crippen LogP contribution is -2.30. The molecule has 0 aromatic heterocycles. The highest BCUT2D eigenvalue weighted by Gasteiger charge is 2.28. The van der Waals surface area contributed by atoms with Gasteiger partial charge in [-0.1, -0.05) is 90.3 Å². The van der Waals surface area contributed by atoms with Crippen molar-refractivity contribution in [3.05, 3.63) is 70.2 Å². The van der Waals surface area contributed by atoms with Gasteiger partial charge in [0.2, 0.25) is 0 Å². The molecule has 0 aliphatic rings. The van der Waals surface area contributed by atoms with Crippen LogP contribution >= 0.6 is 47.8 Å². The molecular weight excluding hydrogens is 444 g/mol. The molecule has 0 spiro atoms. The molecule has 0 saturated carbocycles. The maximum atomic E-state index is 3.73. The van der Waals surface area contributed by atoms with Gasteiger partial charge in [0, 0.05) is 15.1 Å². The van der Waals surface area contributed by atoms with Gasteiger partial charge in [-0.15, -0.1) is 0 Å². The standard InChI is InChI=1S/C17H17Br3/c18-12-17(13-19,10-14-5-2-1-3-6-14)11-15-7-4-8-16(20)9-15/h1-9H,10-13H2. The van der Waals surface area contributed by atoms with E-state index in [9.17, 15) is 0 Å². The van der Waals surface area contributed by atoms with Crippen molar-refractivity contribution in [2.24, 2.45) is 5.41 Å². The van der Waals surface area contributed by atoms with Gasteiger partial charge in [-0.2, -0.15) is 0 Å². The maximum Gasteiger partial charge on any atom is 0.0177 e. The zero-order chi connectivity index (χ0) is 14.4. The molecule has 2 rings (SSSR count). The molecule has 0 nitrogen and oxygen atoms in total. The lowest BCUT2D eigenvalue weighted by atomic mass is 9.80. The molecular formula is C17H17Br3. The molecule has 2 aromatic carbocycles. The van der Waals surface area contributed by atoms with Crippen molar-refractivity contribution in [2.45, 2.75) is 12.8 Å². The summed E-state index contributed by atoms with van der Waals surface area (Å²) in [5, 5.41) is 1.96. The third-order valence-electron chi connectivity index (χ3n) is 3.46. The first-order chi connectivity index (χ1) is 9.67. The normalized spacial score (nSPS) is 11.6. The minimum atomic E-state index is 0.197. The zero-order valence-electron chi connectivity index (χ0n) is 11.2. The molecule has 0 fully saturated rings. The van der Waals surface area contributed by atoms with Crippen LogP contribution in [-0.2, 0) is 12.8 Å². The van der Waals surface area contributed by atoms with Gasteiger partial charge < -0.3 is 0 Å². The smallest absolute Gasteiger partial charge is 0.0177 e. The fourth-order valence-corrected chi connectivity index (χ4v) is 4.56. The lowest BCUT2D eigenvalue weighted by molar-refractivity contribution is 0.386. The highest BCUT2D eigenvalue weighted by Crippen LogP contribution is 2.33. The first-order valence-electron chi connectivity index (χ1n) is 6.58. The number of rotatable bonds is 6. The fourth-order valence-electron chi connectivity index (χ4n) is 2.40. The van der Waals surface area contributed by atoms with Crippen LogP contribution in [0.25, 0.3) is 0 Å². The monoisotopic (exact) mass is 458 g/mol. The Hall–Kier alpha value is -0.120. The lowest BCUT2D eigenvalue weighted by Gasteiger charge is -2.30. The summed E-state index contributed by atoms with van der Waals surface area (Å²) < 4.78 is 1.15. The minimum absolute atomic E-state index is 0.197. The van der Waals surface area contributed by atoms with Crippen LogP contribution in [0.5, 0.6) is 0 Å². The summed E-state index contributed by atoms with van der Waals surface area (Å²) in [7, 11) is 0. The Bertz CT molecular complexity index is 533. The third-order valence-corrected chi connectivity index (χ3v) is 6.33. The molecule has 0 bridgehead atoms. The summed E-state index contributed by atoms with van der Waals surface area (Å²) in [4.78, 5) is 0. The summed E-state index contributed by atoms with van der Waals surface area (Å²) in [6.45, 7) is 0. The molecule has 0 saturated heterocycles. The van der Waals surface area contributed by atoms with Crippen molar-refractivity contribution in [1.82, 2.24) is 0 Å². The van der Waals surface area contributed by atoms with Crippen LogP contribution in [0.2, 0.25) is 0 Å². The second-order valence-electron chi connectivity index (χ2n) is 5.24. The average Bonchev–Trinajstić information content (AvgIpc) is 2.47. The maximum absolute atomic E-state index is 3.73. The quantitative estimate of drug-likeness (QED) is 0.463. The molecule has 0 atom stereocenters. The van der Waals surface area contributed by atoms with E-state index < -0.39 is 0 Å². The van der Waals surface area contributed by atoms with E-state index >= 15 is 0 Å². The molecule has 0 amide bonds. The number of benzene rings is 2. The van der Waals surface area contributed by atoms with Crippen LogP contribution in [-0.4, -0.2) is 10.7 Å². The number of hydrogen-bond acceptors (Lipinski definition) is 0. The van der Waals surface area contributed by atoms with Gasteiger partial charge in [0.05, 0.1) is 0 Å². The Morgan fingerprint density at radius 1 is 0.750 bits per heavy atom. The molecule has 0 aliphatic carbocycles. The summed E-state index contributed by atoms with van der Waals surface area (Å²) in [6.07, 6.45) is 2.12. The van der Waals surface area contributed by atoms with Crippen molar-refractivity contribution in [2.75, 3.05) is 10.7 Å². The van der Waals surface area contributed by atoms with Crippen molar-refractivity contribution in [1.29, 1.82) is 0 Å². The van der Waals surface area contributed by atoms with Crippen LogP contribution in [0, 0.1) is 5.41 Å². The van der Waals surface area contributed by atoms with Gasteiger partial charge in [0.25, 0.3) is 0 Å². The fraction of sp³-hybridized carbons (Fsp3) is 0.294. The van der Waals surface area contributed by atoms with Crippen LogP contribution in [0.15, 0.2) is 59.1 Å². The predicted molar refractivity (Wildman–Crippen MR) is 98.0 cm³/mol. The van der Waals surface area contributed by atoms with Crippen LogP contribution in [0.4, 0.5) is 0 Å². The molecule has 0 aliphatic heterocycles. The van der Waals surface area contributed by atoms with Crippen LogP contribution < -0.4 is 0 Å². The van der Waals surface area contributed by atoms with E-state index in [0.717, 1.165) is 28.0 Å². The highest BCUT2D eigenvalue weighted by atomic mass is 79.9. The number of alkyl halides is 2. The van der Waals surface area contributed by atoms with Crippen molar-refractivity contribution < 1.29 is 0 Å². The largest absolute Gasteiger partial charge is 0.0921 e. The summed E-state index contributed by atoms with van der Waals surface area (Å²) in [5.74, 6) is 0. The topological polar surface area (TPSA) is 0 Å². The van der Waals surface area contributed by atoms with Gasteiger partial charge in [0.1, 0.15) is 0 Å². The van der Waals surface area contributed by atoms with Crippen LogP contribution in [0.3, 0.4) is 0 Å². The molecule has 0 unspecified atom stereocenters. The van der Waals surface area contributed by atoms with Crippen molar-refractivity contribution in [3.63, 3.8) is 0 Å². The number of halogens is 3. The van der Waals surface area contributed by atoms with E-state index in [1.54, 1.807) is 0 Å². The van der Waals surface area contributed by atoms with Crippen molar-refractivity contribution in [3.8, 4) is 0 Å².